The van der Waals surface area contributed by atoms with Crippen LogP contribution >= 0.6 is 0 Å². The number of benzene rings is 1. The summed E-state index contributed by atoms with van der Waals surface area (Å²) in [5, 5.41) is 25.7. The van der Waals surface area contributed by atoms with Gasteiger partial charge in [0.1, 0.15) is 17.9 Å². The van der Waals surface area contributed by atoms with E-state index in [4.69, 9.17) is 10.5 Å². The minimum absolute atomic E-state index is 0.109. The molecule has 4 rings (SSSR count). The lowest BCUT2D eigenvalue weighted by molar-refractivity contribution is -0.152. The lowest BCUT2D eigenvalue weighted by Crippen LogP contribution is -2.51. The van der Waals surface area contributed by atoms with Crippen LogP contribution in [0.25, 0.3) is 11.2 Å². The van der Waals surface area contributed by atoms with Crippen molar-refractivity contribution in [2.75, 3.05) is 17.6 Å². The number of rotatable bonds is 6. The second-order valence-electron chi connectivity index (χ2n) is 6.67. The van der Waals surface area contributed by atoms with E-state index in [2.05, 4.69) is 25.6 Å². The van der Waals surface area contributed by atoms with E-state index < -0.39 is 36.4 Å². The number of aliphatic hydroxyl groups is 1. The van der Waals surface area contributed by atoms with Gasteiger partial charge >= 0.3 is 5.97 Å². The number of nitrogen functional groups attached to an aromatic ring is 1. The van der Waals surface area contributed by atoms with Crippen LogP contribution in [0.5, 0.6) is 0 Å². The van der Waals surface area contributed by atoms with Crippen LogP contribution in [0.15, 0.2) is 43.0 Å². The molecule has 6 N–H and O–H groups in total. The van der Waals surface area contributed by atoms with Gasteiger partial charge in [-0.25, -0.2) is 19.7 Å². The van der Waals surface area contributed by atoms with Crippen LogP contribution in [0.3, 0.4) is 0 Å². The molecular weight excluding hydrogens is 394 g/mol. The minimum atomic E-state index is -1.47. The van der Waals surface area contributed by atoms with Gasteiger partial charge in [-0.1, -0.05) is 18.2 Å². The number of aliphatic carboxylic acids is 1. The summed E-state index contributed by atoms with van der Waals surface area (Å²) in [5.74, 6) is -1.69. The number of hydrogen-bond acceptors (Lipinski definition) is 9. The van der Waals surface area contributed by atoms with Gasteiger partial charge in [0.2, 0.25) is 5.91 Å². The quantitative estimate of drug-likeness (QED) is 0.349. The lowest BCUT2D eigenvalue weighted by Gasteiger charge is -2.20. The Morgan fingerprint density at radius 1 is 1.20 bits per heavy atom. The number of imidazole rings is 1. The summed E-state index contributed by atoms with van der Waals surface area (Å²) in [6.07, 6.45) is -1.44. The molecule has 156 valence electrons. The van der Waals surface area contributed by atoms with Crippen LogP contribution in [-0.4, -0.2) is 66.4 Å². The molecule has 3 aromatic rings. The van der Waals surface area contributed by atoms with Gasteiger partial charge in [-0.05, 0) is 12.1 Å². The van der Waals surface area contributed by atoms with E-state index in [1.165, 1.54) is 17.2 Å². The molecule has 1 fully saturated rings. The largest absolute Gasteiger partial charge is 0.479 e. The number of aromatic nitrogens is 4. The van der Waals surface area contributed by atoms with Crippen molar-refractivity contribution < 1.29 is 24.5 Å². The summed E-state index contributed by atoms with van der Waals surface area (Å²) in [6.45, 7) is -0.109. The monoisotopic (exact) mass is 413 g/mol. The number of anilines is 2. The fraction of sp³-hybridized carbons (Fsp3) is 0.278. The molecule has 12 nitrogen and oxygen atoms in total. The molecule has 4 atom stereocenters. The first-order chi connectivity index (χ1) is 14.5. The normalized spacial score (nSPS) is 23.4. The zero-order valence-corrected chi connectivity index (χ0v) is 15.5. The van der Waals surface area contributed by atoms with Gasteiger partial charge in [0, 0.05) is 5.69 Å². The predicted molar refractivity (Wildman–Crippen MR) is 104 cm³/mol. The number of amides is 1. The Balaban J connectivity index is 1.51. The van der Waals surface area contributed by atoms with E-state index >= 15 is 0 Å². The molecule has 3 heterocycles. The van der Waals surface area contributed by atoms with Crippen LogP contribution in [0.1, 0.15) is 6.23 Å². The molecule has 0 radical (unpaired) electrons. The molecule has 1 amide bonds. The van der Waals surface area contributed by atoms with Crippen molar-refractivity contribution in [2.24, 2.45) is 0 Å². The molecule has 2 aromatic heterocycles. The number of ether oxygens (including phenoxy) is 1. The molecule has 1 saturated heterocycles. The number of aliphatic hydroxyl groups excluding tert-OH is 1. The van der Waals surface area contributed by atoms with E-state index in [0.29, 0.717) is 5.52 Å². The van der Waals surface area contributed by atoms with E-state index in [-0.39, 0.29) is 18.0 Å². The fourth-order valence-electron chi connectivity index (χ4n) is 3.31. The molecule has 1 aromatic carbocycles. The Morgan fingerprint density at radius 3 is 2.70 bits per heavy atom. The number of nitrogens with one attached hydrogen (secondary N) is 2. The molecule has 0 unspecified atom stereocenters. The zero-order valence-electron chi connectivity index (χ0n) is 15.5. The molecule has 30 heavy (non-hydrogen) atoms. The van der Waals surface area contributed by atoms with Crippen molar-refractivity contribution in [3.63, 3.8) is 0 Å². The highest BCUT2D eigenvalue weighted by molar-refractivity contribution is 5.83. The third kappa shape index (κ3) is 3.60. The fourth-order valence-corrected chi connectivity index (χ4v) is 3.31. The van der Waals surface area contributed by atoms with E-state index in [1.54, 1.807) is 12.1 Å². The number of carboxylic acid groups (broad SMARTS) is 1. The average Bonchev–Trinajstić information content (AvgIpc) is 3.30. The van der Waals surface area contributed by atoms with Gasteiger partial charge in [0.05, 0.1) is 18.9 Å². The highest BCUT2D eigenvalue weighted by atomic mass is 16.6. The highest BCUT2D eigenvalue weighted by Gasteiger charge is 2.49. The first-order valence-corrected chi connectivity index (χ1v) is 9.03. The predicted octanol–water partition coefficient (Wildman–Crippen LogP) is -0.652. The van der Waals surface area contributed by atoms with Crippen molar-refractivity contribution in [1.82, 2.24) is 24.8 Å². The van der Waals surface area contributed by atoms with Gasteiger partial charge in [-0.15, -0.1) is 0 Å². The van der Waals surface area contributed by atoms with Crippen molar-refractivity contribution in [3.8, 4) is 0 Å². The van der Waals surface area contributed by atoms with Gasteiger partial charge in [-0.2, -0.15) is 0 Å². The minimum Gasteiger partial charge on any atom is -0.479 e. The number of carbonyl (C=O) groups is 2. The molecule has 1 aliphatic rings. The first-order valence-electron chi connectivity index (χ1n) is 9.03. The van der Waals surface area contributed by atoms with Crippen LogP contribution in [0.4, 0.5) is 11.5 Å². The number of carbonyl (C=O) groups excluding carboxylic acids is 1. The summed E-state index contributed by atoms with van der Waals surface area (Å²) < 4.78 is 6.90. The topological polar surface area (TPSA) is 178 Å². The summed E-state index contributed by atoms with van der Waals surface area (Å²) in [6, 6.07) is 7.85. The first kappa shape index (κ1) is 19.5. The second-order valence-corrected chi connectivity index (χ2v) is 6.67. The van der Waals surface area contributed by atoms with Gasteiger partial charge < -0.3 is 31.3 Å². The summed E-state index contributed by atoms with van der Waals surface area (Å²) in [4.78, 5) is 36.0. The van der Waals surface area contributed by atoms with Gasteiger partial charge in [0.15, 0.2) is 23.8 Å². The van der Waals surface area contributed by atoms with Crippen molar-refractivity contribution >= 4 is 34.5 Å². The van der Waals surface area contributed by atoms with Crippen molar-refractivity contribution in [2.45, 2.75) is 24.5 Å². The number of nitrogens with zero attached hydrogens (tertiary/aromatic N) is 4. The number of carboxylic acids is 1. The van der Waals surface area contributed by atoms with Crippen molar-refractivity contribution in [3.05, 3.63) is 43.0 Å². The maximum atomic E-state index is 12.3. The lowest BCUT2D eigenvalue weighted by atomic mass is 10.1. The zero-order chi connectivity index (χ0) is 21.3. The Labute approximate surface area is 169 Å². The highest BCUT2D eigenvalue weighted by Crippen LogP contribution is 2.32. The van der Waals surface area contributed by atoms with Crippen LogP contribution < -0.4 is 16.4 Å². The SMILES string of the molecule is Nc1ncnc2c1ncn2[C@@H]1O[C@H](C(=O)O)[C@@H](NC(=O)CNc2ccccc2)[C@H]1O. The molecule has 0 bridgehead atoms. The van der Waals surface area contributed by atoms with E-state index in [0.717, 1.165) is 5.69 Å². The maximum Gasteiger partial charge on any atom is 0.335 e. The third-order valence-electron chi connectivity index (χ3n) is 4.73. The van der Waals surface area contributed by atoms with Gasteiger partial charge in [0.25, 0.3) is 0 Å². The molecule has 0 aliphatic carbocycles. The molecule has 12 heteroatoms. The maximum absolute atomic E-state index is 12.3. The molecule has 0 saturated carbocycles. The standard InChI is InChI=1S/C18H19N7O5/c19-15-12-16(22-7-21-15)25(8-23-12)17-13(27)11(14(30-17)18(28)29)24-10(26)6-20-9-4-2-1-3-5-9/h1-5,7-8,11,13-14,17,20,27H,6H2,(H,24,26)(H,28,29)(H2,19,21,22)/t11-,13+,14-,17+/m0/s1. The van der Waals surface area contributed by atoms with Crippen LogP contribution in [0, 0.1) is 0 Å². The second kappa shape index (κ2) is 7.93. The Hall–Kier alpha value is -3.77. The van der Waals surface area contributed by atoms with Crippen LogP contribution in [0.2, 0.25) is 0 Å². The van der Waals surface area contributed by atoms with E-state index in [9.17, 15) is 19.8 Å². The third-order valence-corrected chi connectivity index (χ3v) is 4.73. The molecular formula is C18H19N7O5. The smallest absolute Gasteiger partial charge is 0.335 e. The molecule has 0 spiro atoms. The number of hydrogen-bond donors (Lipinski definition) is 5. The number of nitrogens with two attached hydrogens (primary N) is 1. The number of para-hydroxylation sites is 1. The summed E-state index contributed by atoms with van der Waals surface area (Å²) in [7, 11) is 0. The average molecular weight is 413 g/mol. The van der Waals surface area contributed by atoms with Gasteiger partial charge in [-0.3, -0.25) is 9.36 Å². The van der Waals surface area contributed by atoms with Crippen molar-refractivity contribution in [1.29, 1.82) is 0 Å². The summed E-state index contributed by atoms with van der Waals surface area (Å²) in [5.41, 5.74) is 7.06. The van der Waals surface area contributed by atoms with E-state index in [1.807, 2.05) is 18.2 Å². The Morgan fingerprint density at radius 2 is 1.97 bits per heavy atom. The summed E-state index contributed by atoms with van der Waals surface area (Å²) >= 11 is 0. The Bertz CT molecular complexity index is 1070. The molecule has 1 aliphatic heterocycles. The Kier molecular flexibility index (Phi) is 5.16. The number of fused-ring (bicyclic) bond motifs is 1. The van der Waals surface area contributed by atoms with Crippen LogP contribution in [-0.2, 0) is 14.3 Å².